The van der Waals surface area contributed by atoms with Gasteiger partial charge in [0.25, 0.3) is 5.56 Å². The van der Waals surface area contributed by atoms with Gasteiger partial charge in [0.05, 0.1) is 22.2 Å². The van der Waals surface area contributed by atoms with Gasteiger partial charge in [-0.1, -0.05) is 30.9 Å². The Balaban J connectivity index is 1.54. The molecule has 2 heterocycles. The van der Waals surface area contributed by atoms with E-state index in [0.29, 0.717) is 37.0 Å². The van der Waals surface area contributed by atoms with Crippen LogP contribution in [0.1, 0.15) is 19.3 Å². The maximum Gasteiger partial charge on any atom is 0.282 e. The molecule has 4 aliphatic rings. The summed E-state index contributed by atoms with van der Waals surface area (Å²) in [6.07, 6.45) is 16.3. The number of rotatable bonds is 9. The number of halogens is 2. The molecule has 0 aromatic heterocycles. The topological polar surface area (TPSA) is 75.7 Å². The molecule has 5 rings (SSSR count). The highest BCUT2D eigenvalue weighted by Crippen LogP contribution is 2.34. The molecule has 3 atom stereocenters. The molecule has 6 nitrogen and oxygen atoms in total. The van der Waals surface area contributed by atoms with E-state index in [1.54, 1.807) is 22.9 Å². The van der Waals surface area contributed by atoms with Crippen LogP contribution in [-0.2, 0) is 6.54 Å². The monoisotopic (exact) mass is 487 g/mol. The summed E-state index contributed by atoms with van der Waals surface area (Å²) in [5, 5.41) is 15.1. The van der Waals surface area contributed by atoms with Gasteiger partial charge in [0.15, 0.2) is 0 Å². The van der Waals surface area contributed by atoms with Crippen LogP contribution in [0, 0.1) is 28.9 Å². The lowest BCUT2D eigenvalue weighted by atomic mass is 9.98. The van der Waals surface area contributed by atoms with E-state index in [1.165, 1.54) is 17.0 Å². The first-order valence-corrected chi connectivity index (χ1v) is 11.9. The van der Waals surface area contributed by atoms with Crippen LogP contribution in [0.4, 0.5) is 8.78 Å². The summed E-state index contributed by atoms with van der Waals surface area (Å²) < 4.78 is 33.0. The van der Waals surface area contributed by atoms with Gasteiger partial charge in [-0.3, -0.25) is 4.79 Å². The van der Waals surface area contributed by atoms with Crippen LogP contribution < -0.4 is 10.9 Å². The maximum atomic E-state index is 15.1. The Morgan fingerprint density at radius 1 is 1.28 bits per heavy atom. The number of hydrogen-bond donors (Lipinski definition) is 2. The van der Waals surface area contributed by atoms with E-state index in [-0.39, 0.29) is 28.1 Å². The summed E-state index contributed by atoms with van der Waals surface area (Å²) in [5.74, 6) is -0.895. The first-order valence-electron chi connectivity index (χ1n) is 11.9. The largest absolute Gasteiger partial charge is 0.382 e. The summed E-state index contributed by atoms with van der Waals surface area (Å²) in [7, 11) is 0. The van der Waals surface area contributed by atoms with Crippen LogP contribution in [-0.4, -0.2) is 26.6 Å². The lowest BCUT2D eigenvalue weighted by molar-refractivity contribution is 0.526. The van der Waals surface area contributed by atoms with E-state index >= 15 is 8.78 Å². The maximum absolute atomic E-state index is 15.1. The molecule has 8 heteroatoms. The molecule has 0 radical (unpaired) electrons. The minimum atomic E-state index is -0.638. The molecular formula is C28H27F2N5O. The molecule has 2 N–H and O–H groups in total. The van der Waals surface area contributed by atoms with Crippen molar-refractivity contribution in [3.63, 3.8) is 0 Å². The number of allylic oxidation sites excluding steroid dienone is 7. The van der Waals surface area contributed by atoms with E-state index in [1.807, 2.05) is 12.2 Å². The summed E-state index contributed by atoms with van der Waals surface area (Å²) >= 11 is 0. The normalized spacial score (nSPS) is 21.4. The third-order valence-electron chi connectivity index (χ3n) is 6.74. The fraction of sp³-hybridized carbons (Fsp3) is 0.250. The zero-order valence-electron chi connectivity index (χ0n) is 19.8. The second kappa shape index (κ2) is 9.53. The molecule has 0 bridgehead atoms. The van der Waals surface area contributed by atoms with Gasteiger partial charge in [-0.2, -0.15) is 9.78 Å². The molecule has 184 valence electrons. The molecule has 1 fully saturated rings. The Morgan fingerprint density at radius 3 is 2.75 bits per heavy atom. The zero-order chi connectivity index (χ0) is 25.4. The number of fused-ring (bicyclic) bond motifs is 3. The van der Waals surface area contributed by atoms with Gasteiger partial charge in [0.2, 0.25) is 0 Å². The SMILES string of the molecule is C=CC/C=C(\C=C)n1nc2c3c(F)ccc(F)c3n(CC3C=CC(NC4CC4C=N)=CC3)cc-2c1=O. The Morgan fingerprint density at radius 2 is 2.08 bits per heavy atom. The molecule has 1 aromatic rings. The lowest BCUT2D eigenvalue weighted by Gasteiger charge is -2.21. The van der Waals surface area contributed by atoms with Crippen LogP contribution >= 0.6 is 0 Å². The van der Waals surface area contributed by atoms with Crippen LogP contribution in [0.15, 0.2) is 78.4 Å². The molecule has 0 amide bonds. The molecule has 0 spiro atoms. The highest BCUT2D eigenvalue weighted by atomic mass is 19.1. The van der Waals surface area contributed by atoms with Crippen molar-refractivity contribution in [2.45, 2.75) is 31.8 Å². The first kappa shape index (κ1) is 23.7. The Hall–Kier alpha value is -4.07. The molecule has 2 aliphatic carbocycles. The van der Waals surface area contributed by atoms with Gasteiger partial charge in [-0.05, 0) is 49.5 Å². The van der Waals surface area contributed by atoms with Crippen molar-refractivity contribution in [3.8, 4) is 11.3 Å². The molecular weight excluding hydrogens is 460 g/mol. The van der Waals surface area contributed by atoms with Crippen LogP contribution in [0.3, 0.4) is 0 Å². The van der Waals surface area contributed by atoms with Gasteiger partial charge in [0, 0.05) is 36.6 Å². The molecule has 3 unspecified atom stereocenters. The lowest BCUT2D eigenvalue weighted by Crippen LogP contribution is -2.20. The highest BCUT2D eigenvalue weighted by Gasteiger charge is 2.35. The molecule has 36 heavy (non-hydrogen) atoms. The van der Waals surface area contributed by atoms with Crippen LogP contribution in [0.5, 0.6) is 0 Å². The van der Waals surface area contributed by atoms with Crippen molar-refractivity contribution < 1.29 is 8.78 Å². The van der Waals surface area contributed by atoms with E-state index in [4.69, 9.17) is 5.41 Å². The quantitative estimate of drug-likeness (QED) is 0.245. The third-order valence-corrected chi connectivity index (χ3v) is 6.74. The number of nitrogens with one attached hydrogen (secondary N) is 2. The van der Waals surface area contributed by atoms with Gasteiger partial charge >= 0.3 is 0 Å². The van der Waals surface area contributed by atoms with Gasteiger partial charge in [-0.25, -0.2) is 8.78 Å². The van der Waals surface area contributed by atoms with Crippen molar-refractivity contribution in [3.05, 3.63) is 95.6 Å². The van der Waals surface area contributed by atoms with Crippen LogP contribution in [0.25, 0.3) is 27.9 Å². The number of aromatic nitrogens is 3. The minimum absolute atomic E-state index is 0.0143. The number of benzene rings is 1. The van der Waals surface area contributed by atoms with Crippen molar-refractivity contribution in [2.24, 2.45) is 11.8 Å². The second-order valence-electron chi connectivity index (χ2n) is 9.20. The summed E-state index contributed by atoms with van der Waals surface area (Å²) in [4.78, 5) is 13.3. The van der Waals surface area contributed by atoms with Crippen molar-refractivity contribution >= 4 is 22.8 Å². The van der Waals surface area contributed by atoms with Crippen molar-refractivity contribution in [1.29, 1.82) is 5.41 Å². The van der Waals surface area contributed by atoms with Gasteiger partial charge in [-0.15, -0.1) is 6.58 Å². The standard InChI is InChI=1S/C28H27F2N5O/c1-3-5-6-20(4-2)35-28(36)21-16-34(27-23(30)12-11-22(29)25(27)26(21)33-35)15-17-7-9-19(10-8-17)32-24-13-18(24)14-31/h3-4,6-7,9-12,14,16-18,24,31-32H,1-2,5,8,13,15H2/b20-6+,31-14?. The third kappa shape index (κ3) is 4.23. The smallest absolute Gasteiger partial charge is 0.282 e. The zero-order valence-corrected chi connectivity index (χ0v) is 19.8. The Bertz CT molecular complexity index is 1490. The second-order valence-corrected chi connectivity index (χ2v) is 9.20. The number of nitrogens with zero attached hydrogens (tertiary/aromatic N) is 3. The predicted molar refractivity (Wildman–Crippen MR) is 139 cm³/mol. The van der Waals surface area contributed by atoms with Crippen molar-refractivity contribution in [2.75, 3.05) is 0 Å². The number of hydrogen-bond acceptors (Lipinski definition) is 4. The molecule has 0 saturated heterocycles. The van der Waals surface area contributed by atoms with E-state index in [9.17, 15) is 4.79 Å². The molecule has 2 aliphatic heterocycles. The minimum Gasteiger partial charge on any atom is -0.382 e. The Kier molecular flexibility index (Phi) is 6.26. The Labute approximate surface area is 207 Å². The predicted octanol–water partition coefficient (Wildman–Crippen LogP) is 5.27. The van der Waals surface area contributed by atoms with Gasteiger partial charge in [0.1, 0.15) is 17.3 Å². The van der Waals surface area contributed by atoms with E-state index < -0.39 is 17.2 Å². The molecule has 1 saturated carbocycles. The van der Waals surface area contributed by atoms with Crippen molar-refractivity contribution in [1.82, 2.24) is 19.7 Å². The highest BCUT2D eigenvalue weighted by molar-refractivity contribution is 5.94. The number of pyridine rings is 1. The average molecular weight is 488 g/mol. The van der Waals surface area contributed by atoms with E-state index in [0.717, 1.165) is 24.3 Å². The summed E-state index contributed by atoms with van der Waals surface area (Å²) in [6, 6.07) is 2.47. The fourth-order valence-electron chi connectivity index (χ4n) is 4.70. The average Bonchev–Trinajstić information content (AvgIpc) is 3.56. The first-order chi connectivity index (χ1) is 17.4. The van der Waals surface area contributed by atoms with E-state index in [2.05, 4.69) is 29.6 Å². The van der Waals surface area contributed by atoms with Gasteiger partial charge < -0.3 is 15.3 Å². The van der Waals surface area contributed by atoms with Crippen LogP contribution in [0.2, 0.25) is 0 Å². The summed E-state index contributed by atoms with van der Waals surface area (Å²) in [5.41, 5.74) is 1.45. The fourth-order valence-corrected chi connectivity index (χ4v) is 4.70. The summed E-state index contributed by atoms with van der Waals surface area (Å²) in [6.45, 7) is 7.80. The molecule has 1 aromatic carbocycles.